The largest absolute Gasteiger partial charge is 0.416 e. The number of hydrogen-bond donors (Lipinski definition) is 0. The first kappa shape index (κ1) is 21.1. The molecule has 0 N–H and O–H groups in total. The van der Waals surface area contributed by atoms with Gasteiger partial charge in [-0.05, 0) is 23.8 Å². The number of rotatable bonds is 5. The van der Waals surface area contributed by atoms with Gasteiger partial charge in [-0.2, -0.15) is 17.5 Å². The molecule has 0 unspecified atom stereocenters. The van der Waals surface area contributed by atoms with Gasteiger partial charge in [-0.3, -0.25) is 10.1 Å². The summed E-state index contributed by atoms with van der Waals surface area (Å²) in [6.45, 7) is 0.728. The lowest BCUT2D eigenvalue weighted by molar-refractivity contribution is -0.384. The molecule has 7 nitrogen and oxygen atoms in total. The second kappa shape index (κ2) is 7.99. The molecule has 1 aliphatic heterocycles. The van der Waals surface area contributed by atoms with Crippen molar-refractivity contribution in [3.05, 3.63) is 69.8 Å². The molecule has 29 heavy (non-hydrogen) atoms. The second-order valence-corrected chi connectivity index (χ2v) is 8.59. The molecule has 2 aromatic carbocycles. The Morgan fingerprint density at radius 2 is 1.66 bits per heavy atom. The van der Waals surface area contributed by atoms with Crippen LogP contribution in [0.3, 0.4) is 0 Å². The molecule has 0 amide bonds. The van der Waals surface area contributed by atoms with Gasteiger partial charge in [0.15, 0.2) is 0 Å². The van der Waals surface area contributed by atoms with Gasteiger partial charge in [0.25, 0.3) is 5.69 Å². The smallest absolute Gasteiger partial charge is 0.369 e. The van der Waals surface area contributed by atoms with Gasteiger partial charge in [0.05, 0.1) is 16.2 Å². The normalized spacial score (nSPS) is 16.0. The monoisotopic (exact) mass is 429 g/mol. The first-order valence-electron chi connectivity index (χ1n) is 8.70. The number of anilines is 1. The molecule has 0 radical (unpaired) electrons. The van der Waals surface area contributed by atoms with Gasteiger partial charge in [-0.15, -0.1) is 0 Å². The summed E-state index contributed by atoms with van der Waals surface area (Å²) in [5.74, 6) is -0.377. The third-order valence-corrected chi connectivity index (χ3v) is 6.49. The van der Waals surface area contributed by atoms with Crippen molar-refractivity contribution >= 4 is 21.4 Å². The molecule has 1 aliphatic rings. The van der Waals surface area contributed by atoms with E-state index < -0.39 is 26.7 Å². The van der Waals surface area contributed by atoms with Gasteiger partial charge in [0.1, 0.15) is 0 Å². The fourth-order valence-electron chi connectivity index (χ4n) is 3.17. The summed E-state index contributed by atoms with van der Waals surface area (Å²) in [6.07, 6.45) is -4.44. The number of piperazine rings is 1. The summed E-state index contributed by atoms with van der Waals surface area (Å²) in [5, 5.41) is 10.8. The summed E-state index contributed by atoms with van der Waals surface area (Å²) in [4.78, 5) is 12.0. The summed E-state index contributed by atoms with van der Waals surface area (Å²) >= 11 is 0. The number of nitro groups is 1. The molecule has 1 heterocycles. The van der Waals surface area contributed by atoms with Crippen LogP contribution in [0.15, 0.2) is 48.5 Å². The van der Waals surface area contributed by atoms with Gasteiger partial charge < -0.3 is 4.90 Å². The standard InChI is InChI=1S/C18H18F3N3O4S/c19-18(20,21)15-4-2-5-16(12-15)22-7-9-23(10-8-22)29(27,28)13-14-3-1-6-17(11-14)24(25)26/h1-6,11-12H,7-10,13H2. The zero-order valence-electron chi connectivity index (χ0n) is 15.2. The Kier molecular flexibility index (Phi) is 5.80. The van der Waals surface area contributed by atoms with Gasteiger partial charge in [-0.1, -0.05) is 18.2 Å². The first-order chi connectivity index (χ1) is 13.6. The highest BCUT2D eigenvalue weighted by atomic mass is 32.2. The fraction of sp³-hybridized carbons (Fsp3) is 0.333. The fourth-order valence-corrected chi connectivity index (χ4v) is 4.67. The molecular formula is C18H18F3N3O4S. The molecule has 1 fully saturated rings. The number of nitro benzene ring substituents is 1. The van der Waals surface area contributed by atoms with E-state index in [-0.39, 0.29) is 37.6 Å². The lowest BCUT2D eigenvalue weighted by Crippen LogP contribution is -2.49. The van der Waals surface area contributed by atoms with Gasteiger partial charge in [-0.25, -0.2) is 8.42 Å². The van der Waals surface area contributed by atoms with E-state index in [0.29, 0.717) is 11.3 Å². The second-order valence-electron chi connectivity index (χ2n) is 6.62. The number of hydrogen-bond acceptors (Lipinski definition) is 5. The molecule has 2 aromatic rings. The van der Waals surface area contributed by atoms with E-state index in [1.165, 1.54) is 34.6 Å². The Labute approximate surface area is 165 Å². The molecule has 0 bridgehead atoms. The van der Waals surface area contributed by atoms with Crippen LogP contribution in [0.2, 0.25) is 0 Å². The summed E-state index contributed by atoms with van der Waals surface area (Å²) < 4.78 is 65.2. The highest BCUT2D eigenvalue weighted by molar-refractivity contribution is 7.88. The molecule has 0 aliphatic carbocycles. The molecule has 0 saturated carbocycles. The van der Waals surface area contributed by atoms with E-state index in [1.807, 2.05) is 0 Å². The zero-order chi connectivity index (χ0) is 21.2. The van der Waals surface area contributed by atoms with E-state index in [4.69, 9.17) is 0 Å². The molecule has 156 valence electrons. The minimum absolute atomic E-state index is 0.119. The number of non-ortho nitro benzene ring substituents is 1. The van der Waals surface area contributed by atoms with E-state index in [9.17, 15) is 31.7 Å². The van der Waals surface area contributed by atoms with Gasteiger partial charge >= 0.3 is 6.18 Å². The summed E-state index contributed by atoms with van der Waals surface area (Å²) in [7, 11) is -3.71. The highest BCUT2D eigenvalue weighted by Gasteiger charge is 2.32. The topological polar surface area (TPSA) is 83.8 Å². The van der Waals surface area contributed by atoms with Crippen molar-refractivity contribution in [1.29, 1.82) is 0 Å². The van der Waals surface area contributed by atoms with Crippen LogP contribution in [0.1, 0.15) is 11.1 Å². The molecule has 0 spiro atoms. The van der Waals surface area contributed by atoms with Crippen molar-refractivity contribution in [2.75, 3.05) is 31.1 Å². The Bertz CT molecular complexity index is 1000. The van der Waals surface area contributed by atoms with Crippen molar-refractivity contribution in [3.8, 4) is 0 Å². The van der Waals surface area contributed by atoms with Gasteiger partial charge in [0, 0.05) is 44.0 Å². The first-order valence-corrected chi connectivity index (χ1v) is 10.3. The number of benzene rings is 2. The van der Waals surface area contributed by atoms with Crippen molar-refractivity contribution < 1.29 is 26.5 Å². The Morgan fingerprint density at radius 3 is 2.28 bits per heavy atom. The minimum atomic E-state index is -4.44. The third-order valence-electron chi connectivity index (χ3n) is 4.64. The highest BCUT2D eigenvalue weighted by Crippen LogP contribution is 2.32. The SMILES string of the molecule is O=[N+]([O-])c1cccc(CS(=O)(=O)N2CCN(c3cccc(C(F)(F)F)c3)CC2)c1. The molecule has 0 aromatic heterocycles. The molecule has 0 atom stereocenters. The maximum atomic E-state index is 12.9. The van der Waals surface area contributed by atoms with Crippen LogP contribution in [0.4, 0.5) is 24.5 Å². The van der Waals surface area contributed by atoms with E-state index in [2.05, 4.69) is 0 Å². The molecule has 3 rings (SSSR count). The predicted molar refractivity (Wildman–Crippen MR) is 101 cm³/mol. The number of alkyl halides is 3. The van der Waals surface area contributed by atoms with Crippen molar-refractivity contribution in [2.45, 2.75) is 11.9 Å². The molecule has 11 heteroatoms. The third kappa shape index (κ3) is 5.04. The lowest BCUT2D eigenvalue weighted by atomic mass is 10.1. The number of halogens is 3. The summed E-state index contributed by atoms with van der Waals surface area (Å²) in [6, 6.07) is 10.3. The van der Waals surface area contributed by atoms with Crippen molar-refractivity contribution in [2.24, 2.45) is 0 Å². The quantitative estimate of drug-likeness (QED) is 0.538. The van der Waals surface area contributed by atoms with Crippen LogP contribution in [0.25, 0.3) is 0 Å². The maximum absolute atomic E-state index is 12.9. The Morgan fingerprint density at radius 1 is 1.00 bits per heavy atom. The zero-order valence-corrected chi connectivity index (χ0v) is 16.0. The van der Waals surface area contributed by atoms with Crippen LogP contribution in [-0.4, -0.2) is 43.8 Å². The van der Waals surface area contributed by atoms with Crippen LogP contribution in [0, 0.1) is 10.1 Å². The lowest BCUT2D eigenvalue weighted by Gasteiger charge is -2.35. The average Bonchev–Trinajstić information content (AvgIpc) is 2.67. The average molecular weight is 429 g/mol. The number of sulfonamides is 1. The predicted octanol–water partition coefficient (Wildman–Crippen LogP) is 3.27. The molecule has 1 saturated heterocycles. The van der Waals surface area contributed by atoms with Gasteiger partial charge in [0.2, 0.25) is 10.0 Å². The van der Waals surface area contributed by atoms with Crippen molar-refractivity contribution in [3.63, 3.8) is 0 Å². The van der Waals surface area contributed by atoms with Crippen LogP contribution >= 0.6 is 0 Å². The Hall–Kier alpha value is -2.66. The van der Waals surface area contributed by atoms with Crippen LogP contribution < -0.4 is 4.90 Å². The summed E-state index contributed by atoms with van der Waals surface area (Å²) in [5.41, 5.74) is -0.252. The Balaban J connectivity index is 1.67. The minimum Gasteiger partial charge on any atom is -0.369 e. The maximum Gasteiger partial charge on any atom is 0.416 e. The molecular weight excluding hydrogens is 411 g/mol. The van der Waals surface area contributed by atoms with E-state index >= 15 is 0 Å². The van der Waals surface area contributed by atoms with Crippen LogP contribution in [-0.2, 0) is 22.0 Å². The van der Waals surface area contributed by atoms with Crippen molar-refractivity contribution in [1.82, 2.24) is 4.31 Å². The van der Waals surface area contributed by atoms with Crippen LogP contribution in [0.5, 0.6) is 0 Å². The van der Waals surface area contributed by atoms with E-state index in [0.717, 1.165) is 12.1 Å². The number of nitrogens with zero attached hydrogens (tertiary/aromatic N) is 3. The van der Waals surface area contributed by atoms with E-state index in [1.54, 1.807) is 11.0 Å².